The topological polar surface area (TPSA) is 176 Å². The Morgan fingerprint density at radius 1 is 0.909 bits per heavy atom. The fourth-order valence-corrected chi connectivity index (χ4v) is 9.78. The van der Waals surface area contributed by atoms with Gasteiger partial charge >= 0.3 is 15.9 Å². The maximum atomic E-state index is 15.7. The van der Waals surface area contributed by atoms with Gasteiger partial charge in [0.15, 0.2) is 5.82 Å². The van der Waals surface area contributed by atoms with Crippen LogP contribution in [0, 0.1) is 11.7 Å². The normalized spacial score (nSPS) is 22.7. The molecule has 4 aromatic rings. The van der Waals surface area contributed by atoms with E-state index in [0.717, 1.165) is 70.5 Å². The van der Waals surface area contributed by atoms with Gasteiger partial charge in [0.05, 0.1) is 17.6 Å². The Labute approximate surface area is 316 Å². The van der Waals surface area contributed by atoms with Crippen LogP contribution in [0.15, 0.2) is 47.3 Å². The molecule has 17 heteroatoms. The molecule has 4 fully saturated rings. The average molecular weight is 778 g/mol. The number of phenolic OH excluding ortho intramolecular Hbond substituents is 1. The Bertz CT molecular complexity index is 2370. The Morgan fingerprint density at radius 3 is 2.44 bits per heavy atom. The van der Waals surface area contributed by atoms with Gasteiger partial charge in [-0.25, -0.2) is 18.2 Å². The highest BCUT2D eigenvalue weighted by molar-refractivity contribution is 7.92. The monoisotopic (exact) mass is 777 g/mol. The summed E-state index contributed by atoms with van der Waals surface area (Å²) in [5, 5.41) is 13.3. The number of aromatic hydroxyl groups is 1. The zero-order chi connectivity index (χ0) is 38.6. The molecule has 1 aromatic heterocycles. The third kappa shape index (κ3) is 7.15. The number of ether oxygens (including phenoxy) is 1. The Morgan fingerprint density at radius 2 is 1.69 bits per heavy atom. The Balaban J connectivity index is 0.840. The third-order valence-corrected chi connectivity index (χ3v) is 13.0. The van der Waals surface area contributed by atoms with E-state index in [4.69, 9.17) is 4.74 Å². The molecule has 3 N–H and O–H groups in total. The minimum absolute atomic E-state index is 0.0731. The maximum Gasteiger partial charge on any atom is 0.329 e. The number of phenols is 1. The molecule has 0 saturated carbocycles. The lowest BCUT2D eigenvalue weighted by Gasteiger charge is -2.36. The first kappa shape index (κ1) is 36.9. The molecule has 4 aliphatic heterocycles. The van der Waals surface area contributed by atoms with E-state index in [1.807, 2.05) is 6.07 Å². The number of nitrogens with one attached hydrogen (secondary N) is 2. The van der Waals surface area contributed by atoms with Crippen molar-refractivity contribution >= 4 is 55.4 Å². The van der Waals surface area contributed by atoms with Crippen LogP contribution in [0.3, 0.4) is 0 Å². The van der Waals surface area contributed by atoms with Gasteiger partial charge in [-0.3, -0.25) is 28.8 Å². The summed E-state index contributed by atoms with van der Waals surface area (Å²) in [6.45, 7) is 5.52. The number of piperidine rings is 3. The van der Waals surface area contributed by atoms with Crippen molar-refractivity contribution in [3.63, 3.8) is 0 Å². The van der Waals surface area contributed by atoms with Crippen LogP contribution in [-0.2, 0) is 31.6 Å². The number of likely N-dealkylation sites (tertiary alicyclic amines) is 2. The fraction of sp³-hybridized carbons (Fsp3) is 0.474. The lowest BCUT2D eigenvalue weighted by atomic mass is 9.89. The average Bonchev–Trinajstić information content (AvgIpc) is 3.58. The summed E-state index contributed by atoms with van der Waals surface area (Å²) in [6.07, 6.45) is 4.55. The van der Waals surface area contributed by atoms with Gasteiger partial charge in [-0.2, -0.15) is 8.42 Å². The molecule has 55 heavy (non-hydrogen) atoms. The number of carbonyl (C=O) groups excluding carboxylic acids is 3. The van der Waals surface area contributed by atoms with Crippen molar-refractivity contribution in [3.8, 4) is 11.5 Å². The van der Waals surface area contributed by atoms with Crippen molar-refractivity contribution in [2.24, 2.45) is 13.0 Å². The summed E-state index contributed by atoms with van der Waals surface area (Å²) in [5.41, 5.74) is 1.82. The second-order valence-electron chi connectivity index (χ2n) is 15.1. The molecule has 4 saturated heterocycles. The van der Waals surface area contributed by atoms with Crippen LogP contribution in [0.1, 0.15) is 56.0 Å². The molecule has 8 rings (SSSR count). The number of carbonyl (C=O) groups is 3. The number of fused-ring (bicyclic) bond motifs is 2. The highest BCUT2D eigenvalue weighted by Gasteiger charge is 2.38. The van der Waals surface area contributed by atoms with Crippen molar-refractivity contribution < 1.29 is 37.0 Å². The maximum absolute atomic E-state index is 15.7. The summed E-state index contributed by atoms with van der Waals surface area (Å²) < 4.78 is 52.0. The van der Waals surface area contributed by atoms with Crippen LogP contribution < -0.4 is 24.8 Å². The first-order chi connectivity index (χ1) is 26.4. The number of nitrogens with zero attached hydrogens (tertiary/aromatic N) is 5. The van der Waals surface area contributed by atoms with Gasteiger partial charge in [0.25, 0.3) is 5.91 Å². The highest BCUT2D eigenvalue weighted by atomic mass is 32.2. The number of imide groups is 1. The van der Waals surface area contributed by atoms with Crippen molar-refractivity contribution in [1.82, 2.24) is 29.0 Å². The molecule has 0 spiro atoms. The zero-order valence-corrected chi connectivity index (χ0v) is 31.3. The summed E-state index contributed by atoms with van der Waals surface area (Å²) in [6, 6.07) is 11.4. The van der Waals surface area contributed by atoms with E-state index in [1.165, 1.54) is 22.3 Å². The van der Waals surface area contributed by atoms with Crippen molar-refractivity contribution in [2.75, 3.05) is 56.7 Å². The molecule has 1 unspecified atom stereocenters. The number of halogens is 1. The molecular weight excluding hydrogens is 734 g/mol. The smallest absolute Gasteiger partial charge is 0.329 e. The van der Waals surface area contributed by atoms with Gasteiger partial charge in [0, 0.05) is 44.4 Å². The first-order valence-corrected chi connectivity index (χ1v) is 20.2. The SMILES string of the molecule is Cn1c(=O)n(C2CCC(=O)NC2=O)c2ccc(C3CCN(CCN4CCC[C@@H](COc5ccc6cc(O)c(N7CC(=O)NS7(=O)=O)c(F)c6c5)C4)CC3)cc21. The molecular formula is C38H44FN7O8S. The van der Waals surface area contributed by atoms with E-state index < -0.39 is 51.9 Å². The van der Waals surface area contributed by atoms with Crippen molar-refractivity contribution in [1.29, 1.82) is 0 Å². The van der Waals surface area contributed by atoms with Crippen LogP contribution in [0.2, 0.25) is 0 Å². The van der Waals surface area contributed by atoms with Crippen LogP contribution in [-0.4, -0.2) is 103 Å². The number of aromatic nitrogens is 2. The molecule has 15 nitrogen and oxygen atoms in total. The van der Waals surface area contributed by atoms with Gasteiger partial charge in [-0.05, 0) is 98.9 Å². The number of rotatable bonds is 9. The molecule has 4 aliphatic rings. The third-order valence-electron chi connectivity index (χ3n) is 11.6. The highest BCUT2D eigenvalue weighted by Crippen LogP contribution is 2.39. The van der Waals surface area contributed by atoms with E-state index >= 15 is 4.39 Å². The van der Waals surface area contributed by atoms with Crippen LogP contribution in [0.4, 0.5) is 10.1 Å². The molecule has 3 aromatic carbocycles. The van der Waals surface area contributed by atoms with E-state index in [1.54, 1.807) is 28.5 Å². The largest absolute Gasteiger partial charge is 0.506 e. The summed E-state index contributed by atoms with van der Waals surface area (Å²) in [7, 11) is -2.59. The molecule has 0 aliphatic carbocycles. The molecule has 0 radical (unpaired) electrons. The van der Waals surface area contributed by atoms with Crippen LogP contribution in [0.5, 0.6) is 11.5 Å². The predicted molar refractivity (Wildman–Crippen MR) is 202 cm³/mol. The number of hydrogen-bond acceptors (Lipinski definition) is 10. The van der Waals surface area contributed by atoms with Crippen LogP contribution in [0.25, 0.3) is 21.8 Å². The van der Waals surface area contributed by atoms with Gasteiger partial charge < -0.3 is 19.6 Å². The first-order valence-electron chi connectivity index (χ1n) is 18.8. The predicted octanol–water partition coefficient (Wildman–Crippen LogP) is 2.47. The molecule has 2 atom stereocenters. The number of hydrogen-bond donors (Lipinski definition) is 3. The van der Waals surface area contributed by atoms with Crippen molar-refractivity contribution in [2.45, 2.75) is 50.5 Å². The number of aryl methyl sites for hydroxylation is 1. The lowest BCUT2D eigenvalue weighted by Crippen LogP contribution is -2.44. The van der Waals surface area contributed by atoms with Crippen molar-refractivity contribution in [3.05, 3.63) is 64.3 Å². The lowest BCUT2D eigenvalue weighted by molar-refractivity contribution is -0.135. The van der Waals surface area contributed by atoms with Crippen LogP contribution >= 0.6 is 0 Å². The van der Waals surface area contributed by atoms with E-state index in [9.17, 15) is 32.7 Å². The van der Waals surface area contributed by atoms with E-state index in [0.29, 0.717) is 39.9 Å². The van der Waals surface area contributed by atoms with E-state index in [2.05, 4.69) is 27.2 Å². The number of imidazole rings is 1. The van der Waals surface area contributed by atoms with Gasteiger partial charge in [0.1, 0.15) is 29.8 Å². The minimum atomic E-state index is -4.32. The molecule has 3 amide bonds. The quantitative estimate of drug-likeness (QED) is 0.214. The summed E-state index contributed by atoms with van der Waals surface area (Å²) in [5.74, 6) is -2.04. The Kier molecular flexibility index (Phi) is 9.79. The number of amides is 3. The minimum Gasteiger partial charge on any atom is -0.506 e. The van der Waals surface area contributed by atoms with Gasteiger partial charge in [-0.15, -0.1) is 0 Å². The molecule has 0 bridgehead atoms. The molecule has 5 heterocycles. The van der Waals surface area contributed by atoms with Gasteiger partial charge in [-0.1, -0.05) is 12.1 Å². The molecule has 292 valence electrons. The number of benzene rings is 3. The fourth-order valence-electron chi connectivity index (χ4n) is 8.62. The second-order valence-corrected chi connectivity index (χ2v) is 16.7. The summed E-state index contributed by atoms with van der Waals surface area (Å²) in [4.78, 5) is 54.2. The second kappa shape index (κ2) is 14.6. The zero-order valence-electron chi connectivity index (χ0n) is 30.5. The van der Waals surface area contributed by atoms with E-state index in [-0.39, 0.29) is 29.3 Å². The Hall–Kier alpha value is -5.00. The number of anilines is 1. The standard InChI is InChI=1S/C38H44FN7O8S/c1-42-31-17-25(5-7-29(31)46(38(42)51)30-8-9-33(48)40-37(30)50)24-10-13-43(14-11-24)15-16-44-12-2-3-23(20-44)22-54-27-6-4-26-18-32(47)36(35(39)28(26)19-27)45-21-34(49)41-55(45,52)53/h4-7,17-19,23-24,30,47H,2-3,8-16,20-22H2,1H3,(H,41,49)(H,40,48,50)/t23-,30?/m1/s1. The summed E-state index contributed by atoms with van der Waals surface area (Å²) >= 11 is 0. The van der Waals surface area contributed by atoms with Gasteiger partial charge in [0.2, 0.25) is 11.8 Å².